The number of hydrogen-bond donors (Lipinski definition) is 3. The number of carboxylic acid groups (broad SMARTS) is 1. The highest BCUT2D eigenvalue weighted by molar-refractivity contribution is 5.82. The molecule has 3 atom stereocenters. The summed E-state index contributed by atoms with van der Waals surface area (Å²) in [6, 6.07) is -0.837. The van der Waals surface area contributed by atoms with Gasteiger partial charge in [0.25, 0.3) is 0 Å². The Kier molecular flexibility index (Phi) is 5.39. The van der Waals surface area contributed by atoms with Crippen LogP contribution in [0.1, 0.15) is 53.9 Å². The molecule has 1 aliphatic heterocycles. The third-order valence-electron chi connectivity index (χ3n) is 3.81. The van der Waals surface area contributed by atoms with E-state index in [0.717, 1.165) is 19.3 Å². The summed E-state index contributed by atoms with van der Waals surface area (Å²) in [7, 11) is 0. The zero-order chi connectivity index (χ0) is 15.5. The molecule has 0 aliphatic carbocycles. The van der Waals surface area contributed by atoms with Gasteiger partial charge in [0.1, 0.15) is 6.04 Å². The summed E-state index contributed by atoms with van der Waals surface area (Å²) in [5, 5.41) is 13.7. The lowest BCUT2D eigenvalue weighted by atomic mass is 9.87. The van der Waals surface area contributed by atoms with Crippen molar-refractivity contribution in [3.8, 4) is 0 Å². The highest BCUT2D eigenvalue weighted by atomic mass is 16.4. The van der Waals surface area contributed by atoms with E-state index in [1.54, 1.807) is 20.8 Å². The first-order valence-electron chi connectivity index (χ1n) is 7.21. The SMILES string of the molecule is CC1CCCC(C)N1NC(=O)NC(C(=O)O)C(C)(C)C. The van der Waals surface area contributed by atoms with E-state index in [4.69, 9.17) is 0 Å². The summed E-state index contributed by atoms with van der Waals surface area (Å²) in [5.41, 5.74) is 2.26. The van der Waals surface area contributed by atoms with E-state index in [9.17, 15) is 14.7 Å². The number of urea groups is 1. The van der Waals surface area contributed by atoms with Gasteiger partial charge in [0.2, 0.25) is 0 Å². The number of hydrazine groups is 1. The molecule has 20 heavy (non-hydrogen) atoms. The van der Waals surface area contributed by atoms with Gasteiger partial charge >= 0.3 is 12.0 Å². The summed E-state index contributed by atoms with van der Waals surface area (Å²) in [4.78, 5) is 23.3. The van der Waals surface area contributed by atoms with Crippen LogP contribution in [-0.2, 0) is 4.79 Å². The predicted molar refractivity (Wildman–Crippen MR) is 77.2 cm³/mol. The van der Waals surface area contributed by atoms with Gasteiger partial charge in [0, 0.05) is 12.1 Å². The number of aliphatic carboxylic acids is 1. The van der Waals surface area contributed by atoms with Crippen LogP contribution in [0.3, 0.4) is 0 Å². The molecule has 1 fully saturated rings. The topological polar surface area (TPSA) is 81.7 Å². The van der Waals surface area contributed by atoms with E-state index in [1.165, 1.54) is 0 Å². The van der Waals surface area contributed by atoms with Crippen molar-refractivity contribution in [2.24, 2.45) is 5.41 Å². The second kappa shape index (κ2) is 6.43. The molecule has 1 rings (SSSR count). The second-order valence-corrected chi connectivity index (χ2v) is 6.76. The van der Waals surface area contributed by atoms with Crippen LogP contribution >= 0.6 is 0 Å². The lowest BCUT2D eigenvalue weighted by Crippen LogP contribution is -2.60. The normalized spacial score (nSPS) is 25.9. The quantitative estimate of drug-likeness (QED) is 0.740. The molecule has 0 aromatic carbocycles. The second-order valence-electron chi connectivity index (χ2n) is 6.76. The molecule has 6 heteroatoms. The fraction of sp³-hybridized carbons (Fsp3) is 0.857. The predicted octanol–water partition coefficient (Wildman–Crippen LogP) is 1.96. The van der Waals surface area contributed by atoms with E-state index in [1.807, 2.05) is 5.01 Å². The molecule has 0 radical (unpaired) electrons. The van der Waals surface area contributed by atoms with Gasteiger partial charge in [0.15, 0.2) is 0 Å². The molecule has 1 aliphatic rings. The molecule has 2 amide bonds. The number of amides is 2. The van der Waals surface area contributed by atoms with Gasteiger partial charge in [-0.1, -0.05) is 27.2 Å². The van der Waals surface area contributed by atoms with Crippen LogP contribution in [0.2, 0.25) is 0 Å². The first-order valence-corrected chi connectivity index (χ1v) is 7.21. The van der Waals surface area contributed by atoms with Gasteiger partial charge in [0.05, 0.1) is 0 Å². The summed E-state index contributed by atoms with van der Waals surface area (Å²) >= 11 is 0. The average molecular weight is 285 g/mol. The van der Waals surface area contributed by atoms with E-state index < -0.39 is 23.5 Å². The van der Waals surface area contributed by atoms with Crippen LogP contribution < -0.4 is 10.7 Å². The Morgan fingerprint density at radius 1 is 1.20 bits per heavy atom. The Hall–Kier alpha value is -1.30. The Morgan fingerprint density at radius 2 is 1.70 bits per heavy atom. The van der Waals surface area contributed by atoms with Crippen molar-refractivity contribution in [1.29, 1.82) is 0 Å². The van der Waals surface area contributed by atoms with Gasteiger partial charge in [-0.25, -0.2) is 14.6 Å². The molecule has 3 N–H and O–H groups in total. The lowest BCUT2D eigenvalue weighted by molar-refractivity contribution is -0.141. The van der Waals surface area contributed by atoms with Gasteiger partial charge < -0.3 is 10.4 Å². The maximum atomic E-state index is 12.0. The van der Waals surface area contributed by atoms with Crippen molar-refractivity contribution >= 4 is 12.0 Å². The summed E-state index contributed by atoms with van der Waals surface area (Å²) in [6.07, 6.45) is 3.22. The standard InChI is InChI=1S/C14H27N3O3/c1-9-7-6-8-10(2)17(9)16-13(20)15-11(12(18)19)14(3,4)5/h9-11H,6-8H2,1-5H3,(H,18,19)(H2,15,16,20). The van der Waals surface area contributed by atoms with E-state index in [2.05, 4.69) is 24.6 Å². The number of carboxylic acids is 1. The maximum absolute atomic E-state index is 12.0. The Bertz CT molecular complexity index is 355. The number of carbonyl (C=O) groups is 2. The van der Waals surface area contributed by atoms with Crippen molar-refractivity contribution in [2.75, 3.05) is 0 Å². The number of nitrogens with one attached hydrogen (secondary N) is 2. The molecular weight excluding hydrogens is 258 g/mol. The minimum Gasteiger partial charge on any atom is -0.480 e. The minimum absolute atomic E-state index is 0.266. The minimum atomic E-state index is -1.02. The Morgan fingerprint density at radius 3 is 2.10 bits per heavy atom. The van der Waals surface area contributed by atoms with E-state index >= 15 is 0 Å². The van der Waals surface area contributed by atoms with Gasteiger partial charge in [-0.3, -0.25) is 5.43 Å². The van der Waals surface area contributed by atoms with Crippen LogP contribution in [0.5, 0.6) is 0 Å². The first kappa shape index (κ1) is 16.8. The zero-order valence-corrected chi connectivity index (χ0v) is 13.1. The first-order chi connectivity index (χ1) is 9.12. The molecule has 6 nitrogen and oxygen atoms in total. The molecule has 116 valence electrons. The molecule has 0 aromatic rings. The highest BCUT2D eigenvalue weighted by Gasteiger charge is 2.34. The highest BCUT2D eigenvalue weighted by Crippen LogP contribution is 2.21. The van der Waals surface area contributed by atoms with E-state index in [-0.39, 0.29) is 12.1 Å². The summed E-state index contributed by atoms with van der Waals surface area (Å²) in [5.74, 6) is -1.02. The molecular formula is C14H27N3O3. The van der Waals surface area contributed by atoms with Crippen molar-refractivity contribution in [3.63, 3.8) is 0 Å². The van der Waals surface area contributed by atoms with Crippen LogP contribution in [0.15, 0.2) is 0 Å². The van der Waals surface area contributed by atoms with Crippen molar-refractivity contribution in [3.05, 3.63) is 0 Å². The molecule has 0 bridgehead atoms. The van der Waals surface area contributed by atoms with Crippen LogP contribution in [-0.4, -0.2) is 40.2 Å². The molecule has 1 saturated heterocycles. The van der Waals surface area contributed by atoms with Crippen molar-refractivity contribution < 1.29 is 14.7 Å². The van der Waals surface area contributed by atoms with Crippen LogP contribution in [0.4, 0.5) is 4.79 Å². The molecule has 1 heterocycles. The molecule has 0 spiro atoms. The zero-order valence-electron chi connectivity index (χ0n) is 13.1. The fourth-order valence-corrected chi connectivity index (χ4v) is 2.57. The van der Waals surface area contributed by atoms with Gasteiger partial charge in [-0.05, 0) is 32.1 Å². The number of hydrogen-bond acceptors (Lipinski definition) is 3. The summed E-state index contributed by atoms with van der Waals surface area (Å²) < 4.78 is 0. The fourth-order valence-electron chi connectivity index (χ4n) is 2.57. The van der Waals surface area contributed by atoms with E-state index in [0.29, 0.717) is 0 Å². The monoisotopic (exact) mass is 285 g/mol. The Balaban J connectivity index is 2.64. The van der Waals surface area contributed by atoms with Crippen LogP contribution in [0, 0.1) is 5.41 Å². The van der Waals surface area contributed by atoms with Crippen molar-refractivity contribution in [1.82, 2.24) is 15.8 Å². The molecule has 0 saturated carbocycles. The number of rotatable bonds is 3. The summed E-state index contributed by atoms with van der Waals surface area (Å²) in [6.45, 7) is 9.50. The molecule has 3 unspecified atom stereocenters. The number of nitrogens with zero attached hydrogens (tertiary/aromatic N) is 1. The Labute approximate surface area is 120 Å². The average Bonchev–Trinajstić information content (AvgIpc) is 2.29. The number of carbonyl (C=O) groups excluding carboxylic acids is 1. The van der Waals surface area contributed by atoms with Gasteiger partial charge in [-0.15, -0.1) is 0 Å². The lowest BCUT2D eigenvalue weighted by Gasteiger charge is -2.39. The largest absolute Gasteiger partial charge is 0.480 e. The number of piperidine rings is 1. The molecule has 0 aromatic heterocycles. The maximum Gasteiger partial charge on any atom is 0.330 e. The third kappa shape index (κ3) is 4.37. The van der Waals surface area contributed by atoms with Crippen molar-refractivity contribution in [2.45, 2.75) is 72.0 Å². The van der Waals surface area contributed by atoms with Crippen LogP contribution in [0.25, 0.3) is 0 Å². The van der Waals surface area contributed by atoms with Gasteiger partial charge in [-0.2, -0.15) is 0 Å². The smallest absolute Gasteiger partial charge is 0.330 e. The third-order valence-corrected chi connectivity index (χ3v) is 3.81.